The number of halogens is 3. The van der Waals surface area contributed by atoms with Gasteiger partial charge >= 0.3 is 0 Å². The van der Waals surface area contributed by atoms with Crippen LogP contribution in [0.2, 0.25) is 5.02 Å². The summed E-state index contributed by atoms with van der Waals surface area (Å²) in [7, 11) is 0. The van der Waals surface area contributed by atoms with Crippen molar-refractivity contribution in [3.05, 3.63) is 70.0 Å². The van der Waals surface area contributed by atoms with Crippen molar-refractivity contribution in [3.63, 3.8) is 0 Å². The van der Waals surface area contributed by atoms with Gasteiger partial charge in [-0.1, -0.05) is 11.6 Å². The topological polar surface area (TPSA) is 142 Å². The molecule has 2 aromatic heterocycles. The summed E-state index contributed by atoms with van der Waals surface area (Å²) < 4.78 is 42.6. The zero-order valence-corrected chi connectivity index (χ0v) is 26.4. The first-order valence-electron chi connectivity index (χ1n) is 15.8. The minimum atomic E-state index is -1.69. The monoisotopic (exact) mass is 665 g/mol. The summed E-state index contributed by atoms with van der Waals surface area (Å²) in [5.41, 5.74) is 5.34. The third kappa shape index (κ3) is 6.23. The smallest absolute Gasteiger partial charge is 0.251 e. The number of ether oxygens (including phenoxy) is 2. The Kier molecular flexibility index (Phi) is 8.04. The molecular formula is C34H34ClF2N5O5. The van der Waals surface area contributed by atoms with Gasteiger partial charge in [-0.25, -0.2) is 13.8 Å². The lowest BCUT2D eigenvalue weighted by Crippen LogP contribution is -2.43. The summed E-state index contributed by atoms with van der Waals surface area (Å²) in [6.07, 6.45) is 7.05. The average Bonchev–Trinajstić information content (AvgIpc) is 3.89. The van der Waals surface area contributed by atoms with Gasteiger partial charge in [0.15, 0.2) is 11.6 Å². The number of pyridine rings is 1. The number of nitrogens with one attached hydrogen (secondary N) is 1. The fourth-order valence-electron chi connectivity index (χ4n) is 5.88. The highest BCUT2D eigenvalue weighted by Gasteiger charge is 2.47. The third-order valence-electron chi connectivity index (χ3n) is 8.80. The maximum Gasteiger partial charge on any atom is 0.251 e. The minimum absolute atomic E-state index is 0.00649. The van der Waals surface area contributed by atoms with Crippen LogP contribution in [0.3, 0.4) is 0 Å². The molecule has 3 aliphatic rings. The van der Waals surface area contributed by atoms with E-state index >= 15 is 0 Å². The number of aliphatic hydroxyl groups is 1. The number of carbonyl (C=O) groups is 2. The summed E-state index contributed by atoms with van der Waals surface area (Å²) in [6.45, 7) is 1.64. The van der Waals surface area contributed by atoms with Crippen LogP contribution in [0, 0.1) is 17.6 Å². The molecule has 0 radical (unpaired) electrons. The van der Waals surface area contributed by atoms with Crippen LogP contribution < -0.4 is 20.5 Å². The van der Waals surface area contributed by atoms with E-state index in [-0.39, 0.29) is 59.9 Å². The first-order chi connectivity index (χ1) is 22.5. The van der Waals surface area contributed by atoms with Gasteiger partial charge in [-0.2, -0.15) is 5.10 Å². The highest BCUT2D eigenvalue weighted by molar-refractivity contribution is 6.33. The molecule has 0 spiro atoms. The number of nitrogens with two attached hydrogens (primary N) is 1. The number of amides is 2. The standard InChI is InChI=1S/C34H34ClF2N5O5/c1-2-46-32-17(14-27(38)43)13-26(40-31(32)23-9-10-24(36)29(37)28(23)35)34(45,20-3-4-20)16-39-33(44)18-11-19-15-42(21-5-6-21)41-30(19)25(12-18)47-22-7-8-22/h9-13,15,20-22,45H,2-8,14,16H2,1H3,(H2,38,43)(H,39,44)/t34-/m1/s1. The van der Waals surface area contributed by atoms with E-state index in [0.717, 1.165) is 37.1 Å². The maximum atomic E-state index is 14.6. The van der Waals surface area contributed by atoms with Crippen LogP contribution in [-0.4, -0.2) is 50.9 Å². The van der Waals surface area contributed by atoms with Crippen molar-refractivity contribution >= 4 is 34.3 Å². The second kappa shape index (κ2) is 12.1. The number of hydrogen-bond donors (Lipinski definition) is 3. The summed E-state index contributed by atoms with van der Waals surface area (Å²) >= 11 is 6.25. The number of fused-ring (bicyclic) bond motifs is 1. The predicted molar refractivity (Wildman–Crippen MR) is 169 cm³/mol. The van der Waals surface area contributed by atoms with Gasteiger partial charge in [-0.05, 0) is 81.7 Å². The van der Waals surface area contributed by atoms with Gasteiger partial charge in [0.2, 0.25) is 5.91 Å². The third-order valence-corrected chi connectivity index (χ3v) is 9.17. The fraction of sp³-hybridized carbons (Fsp3) is 0.412. The molecule has 2 heterocycles. The van der Waals surface area contributed by atoms with Gasteiger partial charge in [0, 0.05) is 28.3 Å². The fourth-order valence-corrected chi connectivity index (χ4v) is 6.12. The Morgan fingerprint density at radius 1 is 1.15 bits per heavy atom. The molecule has 246 valence electrons. The van der Waals surface area contributed by atoms with Gasteiger partial charge in [-0.3, -0.25) is 14.3 Å². The molecule has 1 atom stereocenters. The molecule has 2 amide bonds. The lowest BCUT2D eigenvalue weighted by molar-refractivity contribution is -0.117. The van der Waals surface area contributed by atoms with Crippen molar-refractivity contribution < 1.29 is 33.0 Å². The van der Waals surface area contributed by atoms with E-state index in [1.165, 1.54) is 12.1 Å². The molecular weight excluding hydrogens is 632 g/mol. The van der Waals surface area contributed by atoms with Crippen molar-refractivity contribution in [2.75, 3.05) is 13.2 Å². The van der Waals surface area contributed by atoms with Gasteiger partial charge in [0.25, 0.3) is 5.91 Å². The van der Waals surface area contributed by atoms with E-state index in [0.29, 0.717) is 35.7 Å². The number of benzene rings is 2. The minimum Gasteiger partial charge on any atom is -0.491 e. The molecule has 7 rings (SSSR count). The number of rotatable bonds is 13. The number of aromatic nitrogens is 3. The van der Waals surface area contributed by atoms with E-state index in [1.54, 1.807) is 19.1 Å². The number of nitrogens with zero attached hydrogens (tertiary/aromatic N) is 3. The normalized spacial score (nSPS) is 17.4. The van der Waals surface area contributed by atoms with E-state index < -0.39 is 34.1 Å². The Morgan fingerprint density at radius 2 is 1.91 bits per heavy atom. The molecule has 10 nitrogen and oxygen atoms in total. The SMILES string of the molecule is CCOc1c(CC(N)=O)cc([C@@](O)(CNC(=O)c2cc(OC3CC3)c3nn(C4CC4)cc3c2)C2CC2)nc1-c1ccc(F)c(F)c1Cl. The zero-order chi connectivity index (χ0) is 33.0. The van der Waals surface area contributed by atoms with Crippen molar-refractivity contribution in [3.8, 4) is 22.8 Å². The number of hydrogen-bond acceptors (Lipinski definition) is 7. The quantitative estimate of drug-likeness (QED) is 0.163. The molecule has 0 aliphatic heterocycles. The second-order valence-electron chi connectivity index (χ2n) is 12.6. The molecule has 0 saturated heterocycles. The van der Waals surface area contributed by atoms with Crippen molar-refractivity contribution in [1.82, 2.24) is 20.1 Å². The first-order valence-corrected chi connectivity index (χ1v) is 16.2. The summed E-state index contributed by atoms with van der Waals surface area (Å²) in [6, 6.07) is 7.47. The Hall–Kier alpha value is -4.29. The molecule has 3 fully saturated rings. The molecule has 3 saturated carbocycles. The number of carbonyl (C=O) groups excluding carboxylic acids is 2. The van der Waals surface area contributed by atoms with Gasteiger partial charge in [0.1, 0.15) is 28.3 Å². The average molecular weight is 666 g/mol. The van der Waals surface area contributed by atoms with Crippen LogP contribution in [-0.2, 0) is 16.8 Å². The van der Waals surface area contributed by atoms with Gasteiger partial charge in [-0.15, -0.1) is 0 Å². The van der Waals surface area contributed by atoms with Crippen LogP contribution in [0.5, 0.6) is 11.5 Å². The highest BCUT2D eigenvalue weighted by Crippen LogP contribution is 2.47. The van der Waals surface area contributed by atoms with E-state index in [2.05, 4.69) is 10.3 Å². The summed E-state index contributed by atoms with van der Waals surface area (Å²) in [4.78, 5) is 30.5. The Balaban J connectivity index is 1.25. The van der Waals surface area contributed by atoms with Gasteiger partial charge < -0.3 is 25.6 Å². The molecule has 4 aromatic rings. The molecule has 0 bridgehead atoms. The maximum absolute atomic E-state index is 14.6. The van der Waals surface area contributed by atoms with Gasteiger partial charge in [0.05, 0.1) is 42.4 Å². The van der Waals surface area contributed by atoms with Crippen LogP contribution >= 0.6 is 11.6 Å². The highest BCUT2D eigenvalue weighted by atomic mass is 35.5. The largest absolute Gasteiger partial charge is 0.491 e. The van der Waals surface area contributed by atoms with Crippen LogP contribution in [0.25, 0.3) is 22.2 Å². The molecule has 47 heavy (non-hydrogen) atoms. The van der Waals surface area contributed by atoms with E-state index in [1.807, 2.05) is 10.9 Å². The zero-order valence-electron chi connectivity index (χ0n) is 25.7. The molecule has 3 aliphatic carbocycles. The lowest BCUT2D eigenvalue weighted by Gasteiger charge is -2.30. The lowest BCUT2D eigenvalue weighted by atomic mass is 9.90. The van der Waals surface area contributed by atoms with Crippen LogP contribution in [0.4, 0.5) is 8.78 Å². The van der Waals surface area contributed by atoms with E-state index in [9.17, 15) is 23.5 Å². The molecule has 2 aromatic carbocycles. The van der Waals surface area contributed by atoms with E-state index in [4.69, 9.17) is 31.9 Å². The number of primary amides is 1. The molecule has 4 N–H and O–H groups in total. The second-order valence-corrected chi connectivity index (χ2v) is 13.0. The summed E-state index contributed by atoms with van der Waals surface area (Å²) in [5.74, 6) is -3.17. The first kappa shape index (κ1) is 31.3. The van der Waals surface area contributed by atoms with Crippen molar-refractivity contribution in [1.29, 1.82) is 0 Å². The summed E-state index contributed by atoms with van der Waals surface area (Å²) in [5, 5.41) is 20.1. The van der Waals surface area contributed by atoms with Crippen LogP contribution in [0.15, 0.2) is 36.5 Å². The predicted octanol–water partition coefficient (Wildman–Crippen LogP) is 5.36. The Labute approximate surface area is 274 Å². The van der Waals surface area contributed by atoms with Crippen molar-refractivity contribution in [2.24, 2.45) is 11.7 Å². The Bertz CT molecular complexity index is 1910. The molecule has 13 heteroatoms. The van der Waals surface area contributed by atoms with Crippen molar-refractivity contribution in [2.45, 2.75) is 69.6 Å². The Morgan fingerprint density at radius 3 is 2.57 bits per heavy atom. The van der Waals surface area contributed by atoms with Crippen LogP contribution in [0.1, 0.15) is 73.1 Å². The molecule has 0 unspecified atom stereocenters.